The van der Waals surface area contributed by atoms with E-state index in [0.29, 0.717) is 6.54 Å². The highest BCUT2D eigenvalue weighted by atomic mass is 32.1. The summed E-state index contributed by atoms with van der Waals surface area (Å²) in [5.74, 6) is 0. The fraction of sp³-hybridized carbons (Fsp3) is 0.118. The van der Waals surface area contributed by atoms with Crippen LogP contribution in [0.4, 0.5) is 4.79 Å². The number of carbonyl (C=O) groups excluding carboxylic acids is 1. The van der Waals surface area contributed by atoms with Gasteiger partial charge in [0.15, 0.2) is 0 Å². The van der Waals surface area contributed by atoms with E-state index in [1.807, 2.05) is 48.5 Å². The van der Waals surface area contributed by atoms with Crippen molar-refractivity contribution in [2.75, 3.05) is 12.5 Å². The number of rotatable bonds is 3. The number of benzene rings is 2. The topological polar surface area (TPSA) is 63.1 Å². The Hall–Kier alpha value is -2.93. The van der Waals surface area contributed by atoms with Gasteiger partial charge in [-0.3, -0.25) is 0 Å². The van der Waals surface area contributed by atoms with E-state index in [-0.39, 0.29) is 6.03 Å². The maximum atomic E-state index is 12.4. The molecular weight excluding hydrogens is 322 g/mol. The molecule has 2 heterocycles. The molecule has 2 aromatic heterocycles. The lowest BCUT2D eigenvalue weighted by Gasteiger charge is -2.17. The minimum atomic E-state index is -0.211. The summed E-state index contributed by atoms with van der Waals surface area (Å²) in [6.45, 7) is 0.456. The minimum absolute atomic E-state index is 0.211. The summed E-state index contributed by atoms with van der Waals surface area (Å²) in [7, 11) is 1.75. The van der Waals surface area contributed by atoms with Crippen molar-refractivity contribution in [2.24, 2.45) is 0 Å². The molecule has 0 radical (unpaired) electrons. The fourth-order valence-corrected chi connectivity index (χ4v) is 3.52. The number of nitrogens with zero attached hydrogens (tertiary/aromatic N) is 4. The molecule has 0 atom stereocenters. The molecule has 0 saturated carbocycles. The van der Waals surface area contributed by atoms with Gasteiger partial charge in [0.2, 0.25) is 0 Å². The van der Waals surface area contributed by atoms with Gasteiger partial charge in [0.05, 0.1) is 27.8 Å². The zero-order valence-corrected chi connectivity index (χ0v) is 13.8. The number of para-hydroxylation sites is 3. The summed E-state index contributed by atoms with van der Waals surface area (Å²) < 4.78 is 2.76. The number of nitrogens with one attached hydrogen (secondary N) is 1. The number of hydrogen-bond donors (Lipinski definition) is 1. The van der Waals surface area contributed by atoms with Crippen LogP contribution in [0.15, 0.2) is 54.9 Å². The summed E-state index contributed by atoms with van der Waals surface area (Å²) in [6.07, 6.45) is 1.61. The van der Waals surface area contributed by atoms with Gasteiger partial charge >= 0.3 is 6.03 Å². The van der Waals surface area contributed by atoms with E-state index in [9.17, 15) is 4.79 Å². The van der Waals surface area contributed by atoms with Crippen molar-refractivity contribution in [3.05, 3.63) is 59.9 Å². The van der Waals surface area contributed by atoms with Crippen LogP contribution in [0.1, 0.15) is 5.01 Å². The van der Waals surface area contributed by atoms with Gasteiger partial charge < -0.3 is 4.90 Å². The van der Waals surface area contributed by atoms with E-state index < -0.39 is 0 Å². The third-order valence-corrected chi connectivity index (χ3v) is 4.75. The first-order valence-electron chi connectivity index (χ1n) is 7.49. The van der Waals surface area contributed by atoms with Gasteiger partial charge in [-0.1, -0.05) is 24.3 Å². The summed E-state index contributed by atoms with van der Waals surface area (Å²) in [4.78, 5) is 22.8. The average molecular weight is 337 g/mol. The largest absolute Gasteiger partial charge is 0.336 e. The van der Waals surface area contributed by atoms with Crippen molar-refractivity contribution in [3.63, 3.8) is 0 Å². The van der Waals surface area contributed by atoms with Gasteiger partial charge in [0.1, 0.15) is 11.3 Å². The molecule has 7 heteroatoms. The predicted molar refractivity (Wildman–Crippen MR) is 95.6 cm³/mol. The summed E-state index contributed by atoms with van der Waals surface area (Å²) >= 11 is 1.60. The molecule has 0 saturated heterocycles. The number of thiazole rings is 1. The lowest BCUT2D eigenvalue weighted by molar-refractivity contribution is 0.217. The van der Waals surface area contributed by atoms with Gasteiger partial charge in [0.25, 0.3) is 0 Å². The van der Waals surface area contributed by atoms with Crippen LogP contribution in [-0.2, 0) is 6.54 Å². The van der Waals surface area contributed by atoms with Crippen LogP contribution in [0.5, 0.6) is 0 Å². The van der Waals surface area contributed by atoms with Crippen LogP contribution in [0.2, 0.25) is 0 Å². The highest BCUT2D eigenvalue weighted by Gasteiger charge is 2.13. The second-order valence-corrected chi connectivity index (χ2v) is 6.57. The smallest absolute Gasteiger partial charge is 0.320 e. The molecule has 0 aliphatic rings. The van der Waals surface area contributed by atoms with Crippen LogP contribution in [0, 0.1) is 0 Å². The number of amides is 2. The first-order chi connectivity index (χ1) is 11.7. The van der Waals surface area contributed by atoms with Crippen molar-refractivity contribution >= 4 is 38.6 Å². The van der Waals surface area contributed by atoms with Crippen LogP contribution in [0.25, 0.3) is 21.3 Å². The van der Waals surface area contributed by atoms with E-state index >= 15 is 0 Å². The quantitative estimate of drug-likeness (QED) is 0.623. The Kier molecular flexibility index (Phi) is 3.62. The van der Waals surface area contributed by atoms with Crippen molar-refractivity contribution in [2.45, 2.75) is 6.54 Å². The zero-order valence-electron chi connectivity index (χ0n) is 13.0. The normalized spacial score (nSPS) is 11.0. The molecule has 4 rings (SSSR count). The predicted octanol–water partition coefficient (Wildman–Crippen LogP) is 3.44. The Morgan fingerprint density at radius 3 is 2.75 bits per heavy atom. The molecule has 0 aliphatic heterocycles. The number of fused-ring (bicyclic) bond motifs is 2. The number of imidazole rings is 1. The molecular formula is C17H15N5OS. The molecule has 4 aromatic rings. The number of urea groups is 1. The SMILES string of the molecule is CN(Cc1nc2ccccc2s1)C(=O)Nn1cnc2ccccc21. The maximum absolute atomic E-state index is 12.4. The molecule has 1 N–H and O–H groups in total. The fourth-order valence-electron chi connectivity index (χ4n) is 2.50. The second-order valence-electron chi connectivity index (χ2n) is 5.45. The van der Waals surface area contributed by atoms with E-state index in [2.05, 4.69) is 15.4 Å². The molecule has 24 heavy (non-hydrogen) atoms. The molecule has 2 amide bonds. The number of carbonyl (C=O) groups is 1. The Morgan fingerprint density at radius 1 is 1.17 bits per heavy atom. The Balaban J connectivity index is 1.49. The van der Waals surface area contributed by atoms with Gasteiger partial charge in [-0.2, -0.15) is 0 Å². The summed E-state index contributed by atoms with van der Waals surface area (Å²) in [5, 5.41) is 0.907. The summed E-state index contributed by atoms with van der Waals surface area (Å²) in [6, 6.07) is 15.4. The molecule has 0 fully saturated rings. The molecule has 0 unspecified atom stereocenters. The highest BCUT2D eigenvalue weighted by molar-refractivity contribution is 7.18. The molecule has 120 valence electrons. The van der Waals surface area contributed by atoms with Gasteiger partial charge in [-0.25, -0.2) is 24.9 Å². The van der Waals surface area contributed by atoms with E-state index in [1.54, 1.807) is 34.3 Å². The number of aromatic nitrogens is 3. The molecule has 0 aliphatic carbocycles. The van der Waals surface area contributed by atoms with E-state index in [4.69, 9.17) is 0 Å². The first kappa shape index (κ1) is 14.6. The molecule has 0 bridgehead atoms. The van der Waals surface area contributed by atoms with Crippen molar-refractivity contribution in [1.29, 1.82) is 0 Å². The van der Waals surface area contributed by atoms with E-state index in [1.165, 1.54) is 0 Å². The zero-order chi connectivity index (χ0) is 16.5. The van der Waals surface area contributed by atoms with Gasteiger partial charge in [0, 0.05) is 7.05 Å². The average Bonchev–Trinajstić information content (AvgIpc) is 3.18. The van der Waals surface area contributed by atoms with Crippen LogP contribution >= 0.6 is 11.3 Å². The van der Waals surface area contributed by atoms with Crippen LogP contribution < -0.4 is 5.43 Å². The molecule has 6 nitrogen and oxygen atoms in total. The lowest BCUT2D eigenvalue weighted by Crippen LogP contribution is -2.35. The molecule has 0 spiro atoms. The van der Waals surface area contributed by atoms with Gasteiger partial charge in [-0.05, 0) is 24.3 Å². The third-order valence-electron chi connectivity index (χ3n) is 3.73. The van der Waals surface area contributed by atoms with Crippen LogP contribution in [0.3, 0.4) is 0 Å². The third kappa shape index (κ3) is 2.69. The van der Waals surface area contributed by atoms with Crippen molar-refractivity contribution in [1.82, 2.24) is 19.5 Å². The Labute approximate surface area is 142 Å². The Morgan fingerprint density at radius 2 is 1.92 bits per heavy atom. The Bertz CT molecular complexity index is 989. The number of hydrogen-bond acceptors (Lipinski definition) is 4. The monoisotopic (exact) mass is 337 g/mol. The minimum Gasteiger partial charge on any atom is -0.320 e. The second kappa shape index (κ2) is 5.93. The highest BCUT2D eigenvalue weighted by Crippen LogP contribution is 2.22. The standard InChI is InChI=1S/C17H15N5OS/c1-21(10-16-19-13-7-3-5-9-15(13)24-16)17(23)20-22-11-18-12-6-2-4-8-14(12)22/h2-9,11H,10H2,1H3,(H,20,23). The lowest BCUT2D eigenvalue weighted by atomic mass is 10.3. The first-order valence-corrected chi connectivity index (χ1v) is 8.31. The summed E-state index contributed by atoms with van der Waals surface area (Å²) in [5.41, 5.74) is 5.50. The van der Waals surface area contributed by atoms with Crippen LogP contribution in [-0.4, -0.2) is 32.6 Å². The maximum Gasteiger partial charge on any atom is 0.336 e. The van der Waals surface area contributed by atoms with Crippen molar-refractivity contribution in [3.8, 4) is 0 Å². The van der Waals surface area contributed by atoms with E-state index in [0.717, 1.165) is 26.3 Å². The molecule has 2 aromatic carbocycles. The van der Waals surface area contributed by atoms with Crippen molar-refractivity contribution < 1.29 is 4.79 Å². The van der Waals surface area contributed by atoms with Gasteiger partial charge in [-0.15, -0.1) is 11.3 Å².